The fourth-order valence-electron chi connectivity index (χ4n) is 1.31. The number of nitrogens with one attached hydrogen (secondary N) is 1. The summed E-state index contributed by atoms with van der Waals surface area (Å²) < 4.78 is 16.1. The maximum atomic E-state index is 12.1. The molecule has 1 amide bonds. The number of nitrogens with zero attached hydrogens (tertiary/aromatic N) is 1. The number of carbonyl (C=O) groups is 1. The van der Waals surface area contributed by atoms with Crippen LogP contribution in [0.5, 0.6) is 0 Å². The van der Waals surface area contributed by atoms with Crippen LogP contribution in [-0.4, -0.2) is 34.7 Å². The van der Waals surface area contributed by atoms with E-state index in [-0.39, 0.29) is 17.7 Å². The molecule has 0 aromatic rings. The first kappa shape index (κ1) is 12.6. The van der Waals surface area contributed by atoms with Gasteiger partial charge in [-0.2, -0.15) is 4.36 Å². The molecule has 1 saturated heterocycles. The predicted molar refractivity (Wildman–Crippen MR) is 62.2 cm³/mol. The molecular formula is C10H20N2O2S. The lowest BCUT2D eigenvalue weighted by molar-refractivity contribution is -0.122. The second-order valence-electron chi connectivity index (χ2n) is 4.39. The minimum Gasteiger partial charge on any atom is -0.315 e. The molecule has 0 bridgehead atoms. The van der Waals surface area contributed by atoms with E-state index >= 15 is 0 Å². The molecular weight excluding hydrogens is 212 g/mol. The van der Waals surface area contributed by atoms with Gasteiger partial charge in [-0.1, -0.05) is 20.8 Å². The first-order valence-corrected chi connectivity index (χ1v) is 7.27. The van der Waals surface area contributed by atoms with Crippen LogP contribution in [0.2, 0.25) is 0 Å². The minimum absolute atomic E-state index is 0.127. The van der Waals surface area contributed by atoms with Crippen LogP contribution in [0.25, 0.3) is 0 Å². The summed E-state index contributed by atoms with van der Waals surface area (Å²) in [4.78, 5) is 11.7. The normalized spacial score (nSPS) is 22.4. The van der Waals surface area contributed by atoms with E-state index in [1.165, 1.54) is 0 Å². The molecule has 88 valence electrons. The van der Waals surface area contributed by atoms with Crippen LogP contribution in [0.1, 0.15) is 20.8 Å². The fourth-order valence-corrected chi connectivity index (χ4v) is 3.12. The lowest BCUT2D eigenvalue weighted by Crippen LogP contribution is -2.36. The summed E-state index contributed by atoms with van der Waals surface area (Å²) in [5.41, 5.74) is 0. The molecule has 1 heterocycles. The molecule has 0 spiro atoms. The van der Waals surface area contributed by atoms with Gasteiger partial charge in [0.15, 0.2) is 0 Å². The van der Waals surface area contributed by atoms with Gasteiger partial charge in [-0.15, -0.1) is 0 Å². The molecule has 4 nitrogen and oxygen atoms in total. The van der Waals surface area contributed by atoms with E-state index in [2.05, 4.69) is 9.68 Å². The van der Waals surface area contributed by atoms with Crippen molar-refractivity contribution in [2.24, 2.45) is 16.2 Å². The van der Waals surface area contributed by atoms with Crippen LogP contribution in [0, 0.1) is 11.8 Å². The van der Waals surface area contributed by atoms with E-state index < -0.39 is 9.73 Å². The highest BCUT2D eigenvalue weighted by Crippen LogP contribution is 2.13. The number of carbonyl (C=O) groups excluding carboxylic acids is 1. The van der Waals surface area contributed by atoms with Gasteiger partial charge in [0.1, 0.15) is 0 Å². The quantitative estimate of drug-likeness (QED) is 0.769. The zero-order chi connectivity index (χ0) is 11.5. The number of hydrogen-bond donors (Lipinski definition) is 1. The predicted octanol–water partition coefficient (Wildman–Crippen LogP) is 0.876. The molecule has 0 saturated carbocycles. The molecule has 1 unspecified atom stereocenters. The van der Waals surface area contributed by atoms with Gasteiger partial charge in [0.25, 0.3) is 5.91 Å². The highest BCUT2D eigenvalue weighted by atomic mass is 32.2. The third-order valence-corrected chi connectivity index (χ3v) is 5.04. The van der Waals surface area contributed by atoms with Gasteiger partial charge in [-0.25, -0.2) is 4.21 Å². The molecule has 1 fully saturated rings. The number of rotatable bonds is 2. The van der Waals surface area contributed by atoms with E-state index in [1.807, 2.05) is 20.8 Å². The maximum absolute atomic E-state index is 12.1. The third kappa shape index (κ3) is 3.57. The van der Waals surface area contributed by atoms with Gasteiger partial charge in [-0.05, 0) is 5.92 Å². The monoisotopic (exact) mass is 232 g/mol. The Bertz CT molecular complexity index is 331. The molecule has 1 aliphatic heterocycles. The van der Waals surface area contributed by atoms with Gasteiger partial charge in [-0.3, -0.25) is 4.79 Å². The van der Waals surface area contributed by atoms with Crippen molar-refractivity contribution in [3.8, 4) is 0 Å². The topological polar surface area (TPSA) is 58.5 Å². The van der Waals surface area contributed by atoms with Crippen LogP contribution in [0.4, 0.5) is 0 Å². The first-order valence-electron chi connectivity index (χ1n) is 5.42. The summed E-state index contributed by atoms with van der Waals surface area (Å²) in [6.45, 7) is 7.21. The van der Waals surface area contributed by atoms with Gasteiger partial charge in [0, 0.05) is 30.5 Å². The summed E-state index contributed by atoms with van der Waals surface area (Å²) in [5, 5.41) is 3.11. The summed E-state index contributed by atoms with van der Waals surface area (Å²) in [6, 6.07) is 0. The SMILES string of the molecule is CC(C)C(C)C(=O)N=S1(=O)CCNCC1. The molecule has 1 N–H and O–H groups in total. The molecule has 0 aliphatic carbocycles. The van der Waals surface area contributed by atoms with E-state index in [0.717, 1.165) is 0 Å². The van der Waals surface area contributed by atoms with Crippen molar-refractivity contribution < 1.29 is 9.00 Å². The Balaban J connectivity index is 2.77. The zero-order valence-electron chi connectivity index (χ0n) is 9.66. The van der Waals surface area contributed by atoms with E-state index in [9.17, 15) is 9.00 Å². The van der Waals surface area contributed by atoms with E-state index in [1.54, 1.807) is 0 Å². The van der Waals surface area contributed by atoms with Gasteiger partial charge < -0.3 is 5.32 Å². The molecule has 1 rings (SSSR count). The van der Waals surface area contributed by atoms with E-state index in [0.29, 0.717) is 24.6 Å². The lowest BCUT2D eigenvalue weighted by Gasteiger charge is -2.18. The van der Waals surface area contributed by atoms with Crippen molar-refractivity contribution in [3.63, 3.8) is 0 Å². The fraction of sp³-hybridized carbons (Fsp3) is 0.900. The van der Waals surface area contributed by atoms with Crippen molar-refractivity contribution in [1.82, 2.24) is 5.32 Å². The number of hydrogen-bond acceptors (Lipinski definition) is 3. The average Bonchev–Trinajstić information content (AvgIpc) is 2.16. The summed E-state index contributed by atoms with van der Waals surface area (Å²) in [7, 11) is -2.26. The smallest absolute Gasteiger partial charge is 0.256 e. The Labute approximate surface area is 92.0 Å². The standard InChI is InChI=1S/C10H20N2O2S/c1-8(2)9(3)10(13)12-15(14)6-4-11-5-7-15/h8-9,11H,4-7H2,1-3H3. The Hall–Kier alpha value is -0.420. The van der Waals surface area contributed by atoms with Crippen molar-refractivity contribution in [2.45, 2.75) is 20.8 Å². The summed E-state index contributed by atoms with van der Waals surface area (Å²) in [6.07, 6.45) is 0. The second-order valence-corrected chi connectivity index (χ2v) is 6.94. The maximum Gasteiger partial charge on any atom is 0.256 e. The van der Waals surface area contributed by atoms with Crippen LogP contribution in [0.15, 0.2) is 4.36 Å². The van der Waals surface area contributed by atoms with Crippen molar-refractivity contribution in [1.29, 1.82) is 0 Å². The Morgan fingerprint density at radius 1 is 1.27 bits per heavy atom. The van der Waals surface area contributed by atoms with Crippen LogP contribution in [-0.2, 0) is 14.5 Å². The van der Waals surface area contributed by atoms with Crippen molar-refractivity contribution in [2.75, 3.05) is 24.6 Å². The molecule has 0 radical (unpaired) electrons. The largest absolute Gasteiger partial charge is 0.315 e. The van der Waals surface area contributed by atoms with Crippen molar-refractivity contribution in [3.05, 3.63) is 0 Å². The highest BCUT2D eigenvalue weighted by Gasteiger charge is 2.20. The van der Waals surface area contributed by atoms with Crippen LogP contribution >= 0.6 is 0 Å². The van der Waals surface area contributed by atoms with Crippen LogP contribution in [0.3, 0.4) is 0 Å². The summed E-state index contributed by atoms with van der Waals surface area (Å²) in [5.74, 6) is 0.939. The molecule has 0 aromatic carbocycles. The second kappa shape index (κ2) is 5.07. The average molecular weight is 232 g/mol. The molecule has 5 heteroatoms. The molecule has 0 aromatic heterocycles. The molecule has 1 aliphatic rings. The van der Waals surface area contributed by atoms with Gasteiger partial charge in [0.05, 0.1) is 9.73 Å². The van der Waals surface area contributed by atoms with E-state index in [4.69, 9.17) is 0 Å². The summed E-state index contributed by atoms with van der Waals surface area (Å²) >= 11 is 0. The lowest BCUT2D eigenvalue weighted by atomic mass is 9.98. The Kier molecular flexibility index (Phi) is 4.28. The third-order valence-electron chi connectivity index (χ3n) is 2.84. The Morgan fingerprint density at radius 2 is 1.80 bits per heavy atom. The van der Waals surface area contributed by atoms with Crippen LogP contribution < -0.4 is 5.32 Å². The first-order chi connectivity index (χ1) is 6.94. The highest BCUT2D eigenvalue weighted by molar-refractivity contribution is 7.94. The van der Waals surface area contributed by atoms with Gasteiger partial charge >= 0.3 is 0 Å². The zero-order valence-corrected chi connectivity index (χ0v) is 10.5. The minimum atomic E-state index is -2.26. The Morgan fingerprint density at radius 3 is 2.27 bits per heavy atom. The van der Waals surface area contributed by atoms with Gasteiger partial charge in [0.2, 0.25) is 0 Å². The number of amides is 1. The molecule has 1 atom stereocenters. The van der Waals surface area contributed by atoms with Crippen molar-refractivity contribution >= 4 is 15.6 Å². The molecule has 15 heavy (non-hydrogen) atoms.